The largest absolute Gasteiger partial charge is 0.497 e. The van der Waals surface area contributed by atoms with Gasteiger partial charge in [-0.3, -0.25) is 0 Å². The normalized spacial score (nSPS) is 22.6. The Kier molecular flexibility index (Phi) is 5.05. The highest BCUT2D eigenvalue weighted by Crippen LogP contribution is 2.24. The molecule has 0 aliphatic carbocycles. The molecule has 1 heterocycles. The van der Waals surface area contributed by atoms with Crippen molar-refractivity contribution in [1.82, 2.24) is 5.32 Å². The Morgan fingerprint density at radius 3 is 2.85 bits per heavy atom. The van der Waals surface area contributed by atoms with E-state index in [1.165, 1.54) is 5.56 Å². The van der Waals surface area contributed by atoms with Gasteiger partial charge < -0.3 is 10.1 Å². The maximum Gasteiger partial charge on any atom is 0.150 e. The fraction of sp³-hybridized carbons (Fsp3) is 0.600. The maximum atomic E-state index is 11.5. The van der Waals surface area contributed by atoms with Crippen LogP contribution in [0.4, 0.5) is 0 Å². The smallest absolute Gasteiger partial charge is 0.150 e. The Labute approximate surface area is 121 Å². The average molecular weight is 297 g/mol. The summed E-state index contributed by atoms with van der Waals surface area (Å²) in [6, 6.07) is 8.34. The molecule has 112 valence electrons. The molecule has 5 heteroatoms. The standard InChI is InChI=1S/C15H23NO3S/c1-16-14(9-13-6-7-20(17,18)11-13)8-12-4-3-5-15(10-12)19-2/h3-5,10,13-14,16H,6-9,11H2,1-2H3. The van der Waals surface area contributed by atoms with Crippen molar-refractivity contribution in [2.45, 2.75) is 25.3 Å². The van der Waals surface area contributed by atoms with E-state index < -0.39 is 9.84 Å². The fourth-order valence-corrected chi connectivity index (χ4v) is 4.73. The molecule has 0 spiro atoms. The van der Waals surface area contributed by atoms with Gasteiger partial charge in [0.05, 0.1) is 18.6 Å². The zero-order valence-electron chi connectivity index (χ0n) is 12.1. The van der Waals surface area contributed by atoms with Crippen molar-refractivity contribution in [2.75, 3.05) is 25.7 Å². The predicted molar refractivity (Wildman–Crippen MR) is 80.9 cm³/mol. The van der Waals surface area contributed by atoms with Gasteiger partial charge in [0.1, 0.15) is 5.75 Å². The van der Waals surface area contributed by atoms with Gasteiger partial charge in [-0.05, 0) is 49.9 Å². The van der Waals surface area contributed by atoms with E-state index in [-0.39, 0.29) is 0 Å². The second kappa shape index (κ2) is 6.59. The van der Waals surface area contributed by atoms with E-state index in [0.717, 1.165) is 25.0 Å². The zero-order chi connectivity index (χ0) is 14.6. The van der Waals surface area contributed by atoms with Crippen molar-refractivity contribution in [1.29, 1.82) is 0 Å². The number of methoxy groups -OCH3 is 1. The quantitative estimate of drug-likeness (QED) is 0.867. The topological polar surface area (TPSA) is 55.4 Å². The number of likely N-dealkylation sites (N-methyl/N-ethyl adjacent to an activating group) is 1. The maximum absolute atomic E-state index is 11.5. The third-order valence-electron chi connectivity index (χ3n) is 3.97. The molecule has 1 aliphatic rings. The van der Waals surface area contributed by atoms with Crippen LogP contribution in [0.5, 0.6) is 5.75 Å². The average Bonchev–Trinajstić information content (AvgIpc) is 2.77. The van der Waals surface area contributed by atoms with Gasteiger partial charge in [0, 0.05) is 6.04 Å². The molecule has 0 radical (unpaired) electrons. The van der Waals surface area contributed by atoms with Crippen LogP contribution >= 0.6 is 0 Å². The Morgan fingerprint density at radius 1 is 1.45 bits per heavy atom. The highest BCUT2D eigenvalue weighted by molar-refractivity contribution is 7.91. The molecule has 1 aliphatic heterocycles. The van der Waals surface area contributed by atoms with Gasteiger partial charge in [0.2, 0.25) is 0 Å². The molecule has 1 fully saturated rings. The first-order valence-corrected chi connectivity index (χ1v) is 8.85. The SMILES string of the molecule is CNC(Cc1cccc(OC)c1)CC1CCS(=O)(=O)C1. The van der Waals surface area contributed by atoms with Crippen LogP contribution in [0.15, 0.2) is 24.3 Å². The van der Waals surface area contributed by atoms with Gasteiger partial charge in [0.15, 0.2) is 9.84 Å². The van der Waals surface area contributed by atoms with Crippen molar-refractivity contribution in [2.24, 2.45) is 5.92 Å². The zero-order valence-corrected chi connectivity index (χ0v) is 12.9. The van der Waals surface area contributed by atoms with Crippen molar-refractivity contribution in [3.8, 4) is 5.75 Å². The minimum Gasteiger partial charge on any atom is -0.497 e. The van der Waals surface area contributed by atoms with Crippen LogP contribution in [-0.4, -0.2) is 40.1 Å². The minimum atomic E-state index is -2.78. The Morgan fingerprint density at radius 2 is 2.25 bits per heavy atom. The summed E-state index contributed by atoms with van der Waals surface area (Å²) in [5, 5.41) is 3.31. The molecule has 0 saturated carbocycles. The van der Waals surface area contributed by atoms with Crippen LogP contribution in [0.3, 0.4) is 0 Å². The second-order valence-corrected chi connectivity index (χ2v) is 7.77. The Balaban J connectivity index is 1.95. The molecule has 0 amide bonds. The van der Waals surface area contributed by atoms with E-state index in [1.807, 2.05) is 25.2 Å². The van der Waals surface area contributed by atoms with Gasteiger partial charge in [0.25, 0.3) is 0 Å². The number of rotatable bonds is 6. The molecule has 1 saturated heterocycles. The molecule has 0 aromatic heterocycles. The van der Waals surface area contributed by atoms with E-state index >= 15 is 0 Å². The van der Waals surface area contributed by atoms with E-state index in [2.05, 4.69) is 11.4 Å². The molecule has 1 aromatic carbocycles. The van der Waals surface area contributed by atoms with Crippen LogP contribution in [0.1, 0.15) is 18.4 Å². The molecule has 0 bridgehead atoms. The summed E-state index contributed by atoms with van der Waals surface area (Å²) in [5.41, 5.74) is 1.21. The first-order valence-electron chi connectivity index (χ1n) is 7.03. The first kappa shape index (κ1) is 15.3. The Bertz CT molecular complexity index is 542. The molecule has 4 nitrogen and oxygen atoms in total. The number of nitrogens with one attached hydrogen (secondary N) is 1. The summed E-state index contributed by atoms with van der Waals surface area (Å²) >= 11 is 0. The molecule has 1 aromatic rings. The van der Waals surface area contributed by atoms with Crippen molar-refractivity contribution in [3.63, 3.8) is 0 Å². The van der Waals surface area contributed by atoms with Crippen LogP contribution in [0, 0.1) is 5.92 Å². The molecule has 2 unspecified atom stereocenters. The Hall–Kier alpha value is -1.07. The van der Waals surface area contributed by atoms with Crippen molar-refractivity contribution in [3.05, 3.63) is 29.8 Å². The molecular formula is C15H23NO3S. The summed E-state index contributed by atoms with van der Waals surface area (Å²) in [6.45, 7) is 0. The molecule has 2 atom stereocenters. The summed E-state index contributed by atoms with van der Waals surface area (Å²) in [4.78, 5) is 0. The predicted octanol–water partition coefficient (Wildman–Crippen LogP) is 1.65. The lowest BCUT2D eigenvalue weighted by Gasteiger charge is -2.19. The van der Waals surface area contributed by atoms with Crippen LogP contribution in [0.2, 0.25) is 0 Å². The minimum absolute atomic E-state index is 0.294. The van der Waals surface area contributed by atoms with Gasteiger partial charge in [-0.2, -0.15) is 0 Å². The second-order valence-electron chi connectivity index (χ2n) is 5.55. The number of sulfone groups is 1. The van der Waals surface area contributed by atoms with Gasteiger partial charge in [-0.15, -0.1) is 0 Å². The van der Waals surface area contributed by atoms with E-state index in [9.17, 15) is 8.42 Å². The van der Waals surface area contributed by atoms with Crippen molar-refractivity contribution < 1.29 is 13.2 Å². The van der Waals surface area contributed by atoms with E-state index in [0.29, 0.717) is 23.5 Å². The fourth-order valence-electron chi connectivity index (χ4n) is 2.85. The number of benzene rings is 1. The van der Waals surface area contributed by atoms with E-state index in [4.69, 9.17) is 4.74 Å². The number of ether oxygens (including phenoxy) is 1. The monoisotopic (exact) mass is 297 g/mol. The summed E-state index contributed by atoms with van der Waals surface area (Å²) in [5.74, 6) is 1.86. The summed E-state index contributed by atoms with van der Waals surface area (Å²) < 4.78 is 28.3. The van der Waals surface area contributed by atoms with Crippen LogP contribution < -0.4 is 10.1 Å². The van der Waals surface area contributed by atoms with Crippen LogP contribution in [0.25, 0.3) is 0 Å². The van der Waals surface area contributed by atoms with Crippen LogP contribution in [-0.2, 0) is 16.3 Å². The lowest BCUT2D eigenvalue weighted by molar-refractivity contribution is 0.410. The first-order chi connectivity index (χ1) is 9.52. The highest BCUT2D eigenvalue weighted by Gasteiger charge is 2.29. The van der Waals surface area contributed by atoms with Gasteiger partial charge >= 0.3 is 0 Å². The number of hydrogen-bond acceptors (Lipinski definition) is 4. The third kappa shape index (κ3) is 4.21. The van der Waals surface area contributed by atoms with E-state index in [1.54, 1.807) is 7.11 Å². The van der Waals surface area contributed by atoms with Crippen molar-refractivity contribution >= 4 is 9.84 Å². The van der Waals surface area contributed by atoms with Gasteiger partial charge in [-0.1, -0.05) is 12.1 Å². The molecular weight excluding hydrogens is 274 g/mol. The third-order valence-corrected chi connectivity index (χ3v) is 5.81. The summed E-state index contributed by atoms with van der Waals surface area (Å²) in [7, 11) is 0.823. The lowest BCUT2D eigenvalue weighted by atomic mass is 9.94. The summed E-state index contributed by atoms with van der Waals surface area (Å²) in [6.07, 6.45) is 2.61. The lowest BCUT2D eigenvalue weighted by Crippen LogP contribution is -2.30. The molecule has 2 rings (SSSR count). The highest BCUT2D eigenvalue weighted by atomic mass is 32.2. The number of hydrogen-bond donors (Lipinski definition) is 1. The van der Waals surface area contributed by atoms with Gasteiger partial charge in [-0.25, -0.2) is 8.42 Å². The molecule has 20 heavy (non-hydrogen) atoms. The molecule has 1 N–H and O–H groups in total.